The first-order valence-electron chi connectivity index (χ1n) is 5.30. The molecule has 0 atom stereocenters. The molecule has 0 aliphatic rings. The van der Waals surface area contributed by atoms with Crippen LogP contribution < -0.4 is 0 Å². The first kappa shape index (κ1) is 12.7. The van der Waals surface area contributed by atoms with Gasteiger partial charge in [-0.25, -0.2) is 4.79 Å². The van der Waals surface area contributed by atoms with Crippen LogP contribution in [0.4, 0.5) is 4.79 Å². The smallest absolute Gasteiger partial charge is 0.435 e. The van der Waals surface area contributed by atoms with E-state index in [1.165, 1.54) is 4.68 Å². The van der Waals surface area contributed by atoms with Crippen LogP contribution in [0.15, 0.2) is 12.4 Å². The van der Waals surface area contributed by atoms with Crippen LogP contribution in [0, 0.1) is 0 Å². The maximum absolute atomic E-state index is 11.6. The normalized spacial score (nSPS) is 11.5. The third-order valence-electron chi connectivity index (χ3n) is 1.84. The molecule has 5 nitrogen and oxygen atoms in total. The molecule has 0 spiro atoms. The van der Waals surface area contributed by atoms with Crippen LogP contribution in [-0.2, 0) is 11.2 Å². The third kappa shape index (κ3) is 4.02. The number of rotatable bonds is 3. The zero-order chi connectivity index (χ0) is 12.2. The van der Waals surface area contributed by atoms with Gasteiger partial charge in [0.05, 0.1) is 6.20 Å². The number of aliphatic hydroxyl groups excluding tert-OH is 1. The lowest BCUT2D eigenvalue weighted by Crippen LogP contribution is -2.27. The highest BCUT2D eigenvalue weighted by atomic mass is 16.6. The second-order valence-electron chi connectivity index (χ2n) is 4.60. The van der Waals surface area contributed by atoms with Gasteiger partial charge < -0.3 is 9.84 Å². The predicted molar refractivity (Wildman–Crippen MR) is 59.3 cm³/mol. The van der Waals surface area contributed by atoms with Gasteiger partial charge in [0.2, 0.25) is 0 Å². The molecule has 0 aliphatic heterocycles. The molecule has 1 aromatic heterocycles. The van der Waals surface area contributed by atoms with Gasteiger partial charge in [-0.15, -0.1) is 0 Å². The molecule has 0 radical (unpaired) electrons. The second kappa shape index (κ2) is 5.12. The van der Waals surface area contributed by atoms with Crippen molar-refractivity contribution in [2.75, 3.05) is 6.61 Å². The molecule has 0 aromatic carbocycles. The van der Waals surface area contributed by atoms with E-state index >= 15 is 0 Å². The van der Waals surface area contributed by atoms with Crippen molar-refractivity contribution < 1.29 is 14.6 Å². The molecule has 90 valence electrons. The van der Waals surface area contributed by atoms with Crippen molar-refractivity contribution in [2.24, 2.45) is 0 Å². The number of carbonyl (C=O) groups is 1. The topological polar surface area (TPSA) is 64.3 Å². The highest BCUT2D eigenvalue weighted by molar-refractivity contribution is 5.69. The Morgan fingerprint density at radius 2 is 2.25 bits per heavy atom. The molecule has 1 heterocycles. The number of aryl methyl sites for hydroxylation is 1. The quantitative estimate of drug-likeness (QED) is 0.850. The van der Waals surface area contributed by atoms with E-state index in [9.17, 15) is 4.79 Å². The number of hydrogen-bond acceptors (Lipinski definition) is 4. The number of aromatic nitrogens is 2. The van der Waals surface area contributed by atoms with Gasteiger partial charge in [0, 0.05) is 12.8 Å². The molecular formula is C11H18N2O3. The summed E-state index contributed by atoms with van der Waals surface area (Å²) < 4.78 is 6.33. The minimum atomic E-state index is -0.520. The van der Waals surface area contributed by atoms with E-state index in [1.54, 1.807) is 33.2 Å². The van der Waals surface area contributed by atoms with Crippen LogP contribution in [0.1, 0.15) is 32.8 Å². The minimum Gasteiger partial charge on any atom is -0.442 e. The first-order chi connectivity index (χ1) is 7.42. The van der Waals surface area contributed by atoms with Crippen LogP contribution in [-0.4, -0.2) is 33.2 Å². The maximum atomic E-state index is 11.6. The highest BCUT2D eigenvalue weighted by Crippen LogP contribution is 2.09. The summed E-state index contributed by atoms with van der Waals surface area (Å²) >= 11 is 0. The van der Waals surface area contributed by atoms with Crippen molar-refractivity contribution in [3.05, 3.63) is 18.0 Å². The summed E-state index contributed by atoms with van der Waals surface area (Å²) in [6.07, 6.45) is 4.13. The molecule has 16 heavy (non-hydrogen) atoms. The summed E-state index contributed by atoms with van der Waals surface area (Å²) in [6, 6.07) is 0. The number of nitrogens with zero attached hydrogens (tertiary/aromatic N) is 2. The van der Waals surface area contributed by atoms with Crippen LogP contribution in [0.3, 0.4) is 0 Å². The van der Waals surface area contributed by atoms with E-state index in [0.717, 1.165) is 5.56 Å². The number of carbonyl (C=O) groups excluding carboxylic acids is 1. The highest BCUT2D eigenvalue weighted by Gasteiger charge is 2.18. The molecule has 0 fully saturated rings. The molecule has 0 bridgehead atoms. The monoisotopic (exact) mass is 226 g/mol. The van der Waals surface area contributed by atoms with Crippen molar-refractivity contribution in [3.8, 4) is 0 Å². The molecular weight excluding hydrogens is 208 g/mol. The summed E-state index contributed by atoms with van der Waals surface area (Å²) in [4.78, 5) is 11.6. The predicted octanol–water partition coefficient (Wildman–Crippen LogP) is 1.59. The fourth-order valence-corrected chi connectivity index (χ4v) is 1.18. The molecule has 1 N–H and O–H groups in total. The van der Waals surface area contributed by atoms with E-state index in [1.807, 2.05) is 0 Å². The molecule has 0 amide bonds. The van der Waals surface area contributed by atoms with Gasteiger partial charge in [-0.05, 0) is 39.2 Å². The average molecular weight is 226 g/mol. The lowest BCUT2D eigenvalue weighted by molar-refractivity contribution is 0.0514. The Morgan fingerprint density at radius 3 is 2.81 bits per heavy atom. The van der Waals surface area contributed by atoms with E-state index < -0.39 is 11.7 Å². The lowest BCUT2D eigenvalue weighted by Gasteiger charge is -2.18. The van der Waals surface area contributed by atoms with Crippen molar-refractivity contribution in [3.63, 3.8) is 0 Å². The summed E-state index contributed by atoms with van der Waals surface area (Å²) in [7, 11) is 0. The maximum Gasteiger partial charge on any atom is 0.435 e. The van der Waals surface area contributed by atoms with Crippen molar-refractivity contribution >= 4 is 6.09 Å². The molecule has 0 unspecified atom stereocenters. The van der Waals surface area contributed by atoms with Crippen molar-refractivity contribution in [1.29, 1.82) is 0 Å². The van der Waals surface area contributed by atoms with E-state index in [0.29, 0.717) is 12.8 Å². The van der Waals surface area contributed by atoms with Crippen molar-refractivity contribution in [1.82, 2.24) is 9.78 Å². The van der Waals surface area contributed by atoms with Gasteiger partial charge in [0.1, 0.15) is 5.60 Å². The molecule has 1 aromatic rings. The Morgan fingerprint density at radius 1 is 1.56 bits per heavy atom. The number of aliphatic hydroxyl groups is 1. The Hall–Kier alpha value is -1.36. The average Bonchev–Trinajstić information content (AvgIpc) is 2.60. The molecule has 5 heteroatoms. The fraction of sp³-hybridized carbons (Fsp3) is 0.636. The summed E-state index contributed by atoms with van der Waals surface area (Å²) in [6.45, 7) is 5.56. The Kier molecular flexibility index (Phi) is 4.06. The van der Waals surface area contributed by atoms with Gasteiger partial charge in [-0.1, -0.05) is 0 Å². The number of ether oxygens (including phenoxy) is 1. The summed E-state index contributed by atoms with van der Waals surface area (Å²) in [5.74, 6) is 0. The van der Waals surface area contributed by atoms with Gasteiger partial charge >= 0.3 is 6.09 Å². The standard InChI is InChI=1S/C11H18N2O3/c1-11(2,3)16-10(15)13-8-9(7-12-13)5-4-6-14/h7-8,14H,4-6H2,1-3H3. The molecule has 0 saturated heterocycles. The minimum absolute atomic E-state index is 0.137. The fourth-order valence-electron chi connectivity index (χ4n) is 1.18. The number of hydrogen-bond donors (Lipinski definition) is 1. The Bertz CT molecular complexity index is 352. The SMILES string of the molecule is CC(C)(C)OC(=O)n1cc(CCCO)cn1. The zero-order valence-electron chi connectivity index (χ0n) is 9.93. The first-order valence-corrected chi connectivity index (χ1v) is 5.30. The van der Waals surface area contributed by atoms with Crippen LogP contribution in [0.5, 0.6) is 0 Å². The van der Waals surface area contributed by atoms with Gasteiger partial charge in [0.15, 0.2) is 0 Å². The van der Waals surface area contributed by atoms with E-state index in [4.69, 9.17) is 9.84 Å². The summed E-state index contributed by atoms with van der Waals surface area (Å²) in [5.41, 5.74) is 0.397. The van der Waals surface area contributed by atoms with Gasteiger partial charge in [0.25, 0.3) is 0 Å². The Labute approximate surface area is 95.0 Å². The molecule has 0 aliphatic carbocycles. The van der Waals surface area contributed by atoms with E-state index in [2.05, 4.69) is 5.10 Å². The Balaban J connectivity index is 2.60. The van der Waals surface area contributed by atoms with Gasteiger partial charge in [-0.2, -0.15) is 9.78 Å². The van der Waals surface area contributed by atoms with Crippen LogP contribution in [0.25, 0.3) is 0 Å². The lowest BCUT2D eigenvalue weighted by atomic mass is 10.2. The largest absolute Gasteiger partial charge is 0.442 e. The van der Waals surface area contributed by atoms with Crippen LogP contribution in [0.2, 0.25) is 0 Å². The van der Waals surface area contributed by atoms with Crippen LogP contribution >= 0.6 is 0 Å². The van der Waals surface area contributed by atoms with Gasteiger partial charge in [-0.3, -0.25) is 0 Å². The molecule has 1 rings (SSSR count). The van der Waals surface area contributed by atoms with Crippen molar-refractivity contribution in [2.45, 2.75) is 39.2 Å². The molecule has 0 saturated carbocycles. The summed E-state index contributed by atoms with van der Waals surface area (Å²) in [5, 5.41) is 12.6. The third-order valence-corrected chi connectivity index (χ3v) is 1.84. The zero-order valence-corrected chi connectivity index (χ0v) is 9.93. The van der Waals surface area contributed by atoms with E-state index in [-0.39, 0.29) is 6.61 Å². The second-order valence-corrected chi connectivity index (χ2v) is 4.60.